The lowest BCUT2D eigenvalue weighted by molar-refractivity contribution is 1.16. The van der Waals surface area contributed by atoms with E-state index in [1.54, 1.807) is 0 Å². The zero-order valence-electron chi connectivity index (χ0n) is 6.67. The normalized spacial score (nSPS) is 9.64. The largest absolute Gasteiger partial charge is 0.388 e. The van der Waals surface area contributed by atoms with Crippen LogP contribution in [0.5, 0.6) is 0 Å². The van der Waals surface area contributed by atoms with Gasteiger partial charge in [-0.15, -0.1) is 0 Å². The third kappa shape index (κ3) is 2.15. The summed E-state index contributed by atoms with van der Waals surface area (Å²) in [6, 6.07) is 8.30. The molecule has 1 rings (SSSR count). The summed E-state index contributed by atoms with van der Waals surface area (Å²) in [6.07, 6.45) is 1.03. The van der Waals surface area contributed by atoms with Crippen molar-refractivity contribution >= 4 is 18.3 Å². The maximum absolute atomic E-state index is 4.19. The maximum Gasteiger partial charge on any atom is 0.0370 e. The van der Waals surface area contributed by atoms with E-state index in [1.807, 2.05) is 13.1 Å². The SMILES string of the molecule is CNc1ccccc1CCS. The Morgan fingerprint density at radius 2 is 2.09 bits per heavy atom. The van der Waals surface area contributed by atoms with E-state index in [0.717, 1.165) is 12.2 Å². The molecule has 0 radical (unpaired) electrons. The van der Waals surface area contributed by atoms with Crippen LogP contribution < -0.4 is 5.32 Å². The highest BCUT2D eigenvalue weighted by atomic mass is 32.1. The minimum absolute atomic E-state index is 0.901. The maximum atomic E-state index is 4.19. The van der Waals surface area contributed by atoms with Crippen LogP contribution in [-0.4, -0.2) is 12.8 Å². The van der Waals surface area contributed by atoms with Gasteiger partial charge in [-0.2, -0.15) is 12.6 Å². The Morgan fingerprint density at radius 1 is 1.36 bits per heavy atom. The first kappa shape index (κ1) is 8.47. The van der Waals surface area contributed by atoms with Crippen LogP contribution in [0, 0.1) is 0 Å². The Hall–Kier alpha value is -0.630. The molecule has 60 valence electrons. The molecule has 0 aromatic heterocycles. The monoisotopic (exact) mass is 167 g/mol. The summed E-state index contributed by atoms with van der Waals surface area (Å²) in [4.78, 5) is 0. The topological polar surface area (TPSA) is 12.0 Å². The highest BCUT2D eigenvalue weighted by Crippen LogP contribution is 2.14. The van der Waals surface area contributed by atoms with Gasteiger partial charge in [0.15, 0.2) is 0 Å². The van der Waals surface area contributed by atoms with Gasteiger partial charge in [0.25, 0.3) is 0 Å². The smallest absolute Gasteiger partial charge is 0.0370 e. The molecule has 0 bridgehead atoms. The second-order valence-electron chi connectivity index (χ2n) is 2.38. The van der Waals surface area contributed by atoms with Crippen molar-refractivity contribution in [3.05, 3.63) is 29.8 Å². The molecule has 0 aliphatic rings. The fraction of sp³-hybridized carbons (Fsp3) is 0.333. The summed E-state index contributed by atoms with van der Waals surface area (Å²) in [5, 5.41) is 3.15. The van der Waals surface area contributed by atoms with Gasteiger partial charge in [0.05, 0.1) is 0 Å². The summed E-state index contributed by atoms with van der Waals surface area (Å²) in [7, 11) is 1.94. The van der Waals surface area contributed by atoms with Gasteiger partial charge < -0.3 is 5.32 Å². The summed E-state index contributed by atoms with van der Waals surface area (Å²) < 4.78 is 0. The number of thiol groups is 1. The summed E-state index contributed by atoms with van der Waals surface area (Å²) in [5.74, 6) is 0.901. The molecule has 0 saturated carbocycles. The fourth-order valence-corrected chi connectivity index (χ4v) is 1.34. The van der Waals surface area contributed by atoms with E-state index in [-0.39, 0.29) is 0 Å². The molecule has 1 aromatic carbocycles. The second-order valence-corrected chi connectivity index (χ2v) is 2.83. The van der Waals surface area contributed by atoms with Crippen molar-refractivity contribution in [2.75, 3.05) is 18.1 Å². The third-order valence-electron chi connectivity index (χ3n) is 1.67. The van der Waals surface area contributed by atoms with E-state index in [4.69, 9.17) is 0 Å². The van der Waals surface area contributed by atoms with E-state index in [1.165, 1.54) is 11.3 Å². The van der Waals surface area contributed by atoms with Crippen LogP contribution in [0.25, 0.3) is 0 Å². The standard InChI is InChI=1S/C9H13NS/c1-10-9-5-3-2-4-8(9)6-7-11/h2-5,10-11H,6-7H2,1H3. The number of hydrogen-bond acceptors (Lipinski definition) is 2. The fourth-order valence-electron chi connectivity index (χ4n) is 1.10. The lowest BCUT2D eigenvalue weighted by Gasteiger charge is -2.06. The second kappa shape index (κ2) is 4.29. The molecule has 0 aliphatic carbocycles. The minimum atomic E-state index is 0.901. The quantitative estimate of drug-likeness (QED) is 0.658. The number of anilines is 1. The van der Waals surface area contributed by atoms with Crippen molar-refractivity contribution in [1.82, 2.24) is 0 Å². The lowest BCUT2D eigenvalue weighted by atomic mass is 10.1. The van der Waals surface area contributed by atoms with Gasteiger partial charge in [0, 0.05) is 12.7 Å². The van der Waals surface area contributed by atoms with Crippen molar-refractivity contribution in [1.29, 1.82) is 0 Å². The van der Waals surface area contributed by atoms with Crippen molar-refractivity contribution in [2.45, 2.75) is 6.42 Å². The number of benzene rings is 1. The molecule has 2 heteroatoms. The van der Waals surface area contributed by atoms with E-state index in [0.29, 0.717) is 0 Å². The van der Waals surface area contributed by atoms with Gasteiger partial charge in [-0.3, -0.25) is 0 Å². The molecule has 0 atom stereocenters. The van der Waals surface area contributed by atoms with Crippen LogP contribution in [0.2, 0.25) is 0 Å². The zero-order chi connectivity index (χ0) is 8.10. The van der Waals surface area contributed by atoms with Crippen LogP contribution in [0.1, 0.15) is 5.56 Å². The van der Waals surface area contributed by atoms with Crippen LogP contribution >= 0.6 is 12.6 Å². The molecule has 0 spiro atoms. The minimum Gasteiger partial charge on any atom is -0.388 e. The summed E-state index contributed by atoms with van der Waals surface area (Å²) in [6.45, 7) is 0. The molecule has 0 amide bonds. The average molecular weight is 167 g/mol. The van der Waals surface area contributed by atoms with E-state index in [9.17, 15) is 0 Å². The predicted octanol–water partition coefficient (Wildman–Crippen LogP) is 2.20. The van der Waals surface area contributed by atoms with Crippen LogP contribution in [0.15, 0.2) is 24.3 Å². The first-order valence-electron chi connectivity index (χ1n) is 3.75. The molecule has 1 aromatic rings. The highest BCUT2D eigenvalue weighted by molar-refractivity contribution is 7.80. The van der Waals surface area contributed by atoms with Crippen LogP contribution in [-0.2, 0) is 6.42 Å². The number of para-hydroxylation sites is 1. The Bertz CT molecular complexity index is 223. The molecule has 0 fully saturated rings. The van der Waals surface area contributed by atoms with Gasteiger partial charge in [0.1, 0.15) is 0 Å². The Balaban J connectivity index is 2.83. The van der Waals surface area contributed by atoms with Crippen LogP contribution in [0.3, 0.4) is 0 Å². The molecule has 0 saturated heterocycles. The first-order chi connectivity index (χ1) is 5.38. The Morgan fingerprint density at radius 3 is 2.73 bits per heavy atom. The summed E-state index contributed by atoms with van der Waals surface area (Å²) in [5.41, 5.74) is 2.55. The van der Waals surface area contributed by atoms with Gasteiger partial charge >= 0.3 is 0 Å². The van der Waals surface area contributed by atoms with Gasteiger partial charge in [0.2, 0.25) is 0 Å². The van der Waals surface area contributed by atoms with Crippen molar-refractivity contribution in [3.8, 4) is 0 Å². The lowest BCUT2D eigenvalue weighted by Crippen LogP contribution is -1.95. The molecule has 0 heterocycles. The van der Waals surface area contributed by atoms with Crippen molar-refractivity contribution < 1.29 is 0 Å². The van der Waals surface area contributed by atoms with Gasteiger partial charge in [-0.1, -0.05) is 18.2 Å². The van der Waals surface area contributed by atoms with Crippen LogP contribution in [0.4, 0.5) is 5.69 Å². The van der Waals surface area contributed by atoms with E-state index in [2.05, 4.69) is 36.1 Å². The first-order valence-corrected chi connectivity index (χ1v) is 4.38. The summed E-state index contributed by atoms with van der Waals surface area (Å²) >= 11 is 4.19. The number of rotatable bonds is 3. The van der Waals surface area contributed by atoms with Crippen molar-refractivity contribution in [3.63, 3.8) is 0 Å². The number of aryl methyl sites for hydroxylation is 1. The van der Waals surface area contributed by atoms with Crippen molar-refractivity contribution in [2.24, 2.45) is 0 Å². The van der Waals surface area contributed by atoms with E-state index < -0.39 is 0 Å². The number of nitrogens with one attached hydrogen (secondary N) is 1. The predicted molar refractivity (Wildman–Crippen MR) is 53.5 cm³/mol. The zero-order valence-corrected chi connectivity index (χ0v) is 7.57. The van der Waals surface area contributed by atoms with Gasteiger partial charge in [-0.25, -0.2) is 0 Å². The molecular weight excluding hydrogens is 154 g/mol. The molecular formula is C9H13NS. The third-order valence-corrected chi connectivity index (χ3v) is 1.89. The molecule has 0 unspecified atom stereocenters. The average Bonchev–Trinajstić information content (AvgIpc) is 2.06. The van der Waals surface area contributed by atoms with Gasteiger partial charge in [-0.05, 0) is 23.8 Å². The Kier molecular flexibility index (Phi) is 3.30. The Labute approximate surface area is 73.2 Å². The van der Waals surface area contributed by atoms with E-state index >= 15 is 0 Å². The highest BCUT2D eigenvalue weighted by Gasteiger charge is 1.96. The molecule has 1 N–H and O–H groups in total. The molecule has 0 aliphatic heterocycles. The molecule has 1 nitrogen and oxygen atoms in total. The number of hydrogen-bond donors (Lipinski definition) is 2. The molecule has 11 heavy (non-hydrogen) atoms.